The Morgan fingerprint density at radius 2 is 2.26 bits per heavy atom. The van der Waals surface area contributed by atoms with Gasteiger partial charge in [0.15, 0.2) is 0 Å². The van der Waals surface area contributed by atoms with Crippen LogP contribution in [-0.2, 0) is 4.74 Å². The van der Waals surface area contributed by atoms with Crippen LogP contribution in [0.2, 0.25) is 0 Å². The lowest BCUT2D eigenvalue weighted by molar-refractivity contribution is 0.0103. The van der Waals surface area contributed by atoms with E-state index in [1.54, 1.807) is 4.90 Å². The Hall–Kier alpha value is -1.39. The molecule has 0 aromatic heterocycles. The number of hydrogen-bond acceptors (Lipinski definition) is 3. The van der Waals surface area contributed by atoms with Crippen molar-refractivity contribution in [3.63, 3.8) is 0 Å². The molecule has 1 saturated heterocycles. The molecular weight excluding hydrogens is 240 g/mol. The summed E-state index contributed by atoms with van der Waals surface area (Å²) in [6, 6.07) is 5.85. The normalized spacial score (nSPS) is 19.2. The number of nitrogens with one attached hydrogen (secondary N) is 1. The van der Waals surface area contributed by atoms with Crippen LogP contribution < -0.4 is 5.32 Å². The van der Waals surface area contributed by atoms with Crippen LogP contribution in [0, 0.1) is 13.8 Å². The van der Waals surface area contributed by atoms with Gasteiger partial charge < -0.3 is 15.0 Å². The summed E-state index contributed by atoms with van der Waals surface area (Å²) in [7, 11) is 1.84. The lowest BCUT2D eigenvalue weighted by Gasteiger charge is -2.28. The lowest BCUT2D eigenvalue weighted by atomic mass is 10.0. The molecule has 4 nitrogen and oxygen atoms in total. The SMILES string of the molecule is Cc1cccc(C(=O)N(C)CC2CNCCO2)c1C. The highest BCUT2D eigenvalue weighted by Crippen LogP contribution is 2.15. The van der Waals surface area contributed by atoms with Crippen LogP contribution in [0.1, 0.15) is 21.5 Å². The van der Waals surface area contributed by atoms with Crippen molar-refractivity contribution in [2.45, 2.75) is 20.0 Å². The van der Waals surface area contributed by atoms with E-state index in [1.165, 1.54) is 0 Å². The zero-order chi connectivity index (χ0) is 13.8. The van der Waals surface area contributed by atoms with Gasteiger partial charge >= 0.3 is 0 Å². The Morgan fingerprint density at radius 1 is 1.47 bits per heavy atom. The van der Waals surface area contributed by atoms with Gasteiger partial charge in [0.2, 0.25) is 0 Å². The van der Waals surface area contributed by atoms with Gasteiger partial charge in [-0.1, -0.05) is 12.1 Å². The second-order valence-electron chi connectivity index (χ2n) is 5.13. The van der Waals surface area contributed by atoms with Crippen LogP contribution in [0.3, 0.4) is 0 Å². The van der Waals surface area contributed by atoms with Crippen LogP contribution in [-0.4, -0.2) is 50.2 Å². The van der Waals surface area contributed by atoms with Crippen molar-refractivity contribution in [3.8, 4) is 0 Å². The number of hydrogen-bond donors (Lipinski definition) is 1. The summed E-state index contributed by atoms with van der Waals surface area (Å²) in [5.74, 6) is 0.0652. The molecule has 1 N–H and O–H groups in total. The van der Waals surface area contributed by atoms with E-state index >= 15 is 0 Å². The fourth-order valence-corrected chi connectivity index (χ4v) is 2.31. The number of morpholine rings is 1. The van der Waals surface area contributed by atoms with E-state index in [0.717, 1.165) is 36.4 Å². The van der Waals surface area contributed by atoms with E-state index in [9.17, 15) is 4.79 Å². The van der Waals surface area contributed by atoms with Crippen molar-refractivity contribution in [1.29, 1.82) is 0 Å². The number of ether oxygens (including phenoxy) is 1. The van der Waals surface area contributed by atoms with E-state index in [1.807, 2.05) is 39.1 Å². The van der Waals surface area contributed by atoms with E-state index in [0.29, 0.717) is 6.54 Å². The van der Waals surface area contributed by atoms with Crippen LogP contribution in [0.4, 0.5) is 0 Å². The first-order valence-corrected chi connectivity index (χ1v) is 6.73. The van der Waals surface area contributed by atoms with Crippen LogP contribution in [0.15, 0.2) is 18.2 Å². The van der Waals surface area contributed by atoms with Gasteiger partial charge in [-0.15, -0.1) is 0 Å². The molecule has 19 heavy (non-hydrogen) atoms. The Bertz CT molecular complexity index is 453. The molecule has 1 aromatic rings. The summed E-state index contributed by atoms with van der Waals surface area (Å²) in [6.07, 6.45) is 0.0906. The molecule has 1 heterocycles. The number of rotatable bonds is 3. The topological polar surface area (TPSA) is 41.6 Å². The third-order valence-corrected chi connectivity index (χ3v) is 3.66. The molecule has 1 unspecified atom stereocenters. The second-order valence-corrected chi connectivity index (χ2v) is 5.13. The summed E-state index contributed by atoms with van der Waals surface area (Å²) in [5, 5.41) is 3.28. The van der Waals surface area contributed by atoms with E-state index in [4.69, 9.17) is 4.74 Å². The maximum absolute atomic E-state index is 12.4. The molecule has 0 bridgehead atoms. The summed E-state index contributed by atoms with van der Waals surface area (Å²) in [6.45, 7) is 7.07. The lowest BCUT2D eigenvalue weighted by Crippen LogP contribution is -2.45. The van der Waals surface area contributed by atoms with Crippen molar-refractivity contribution in [2.24, 2.45) is 0 Å². The number of amides is 1. The molecule has 0 saturated carbocycles. The fourth-order valence-electron chi connectivity index (χ4n) is 2.31. The van der Waals surface area contributed by atoms with Crippen LogP contribution in [0.5, 0.6) is 0 Å². The first-order chi connectivity index (χ1) is 9.09. The Kier molecular flexibility index (Phi) is 4.56. The zero-order valence-electron chi connectivity index (χ0n) is 11.9. The quantitative estimate of drug-likeness (QED) is 0.894. The van der Waals surface area contributed by atoms with Gasteiger partial charge in [0.1, 0.15) is 0 Å². The molecule has 0 aliphatic carbocycles. The first-order valence-electron chi connectivity index (χ1n) is 6.73. The second kappa shape index (κ2) is 6.17. The molecule has 104 valence electrons. The molecule has 0 spiro atoms. The standard InChI is InChI=1S/C15H22N2O2/c1-11-5-4-6-14(12(11)2)15(18)17(3)10-13-9-16-7-8-19-13/h4-6,13,16H,7-10H2,1-3H3. The zero-order valence-corrected chi connectivity index (χ0v) is 11.9. The predicted molar refractivity (Wildman–Crippen MR) is 75.5 cm³/mol. The van der Waals surface area contributed by atoms with Gasteiger partial charge in [0, 0.05) is 32.2 Å². The molecular formula is C15H22N2O2. The molecule has 1 aliphatic rings. The average Bonchev–Trinajstić information content (AvgIpc) is 2.42. The molecule has 2 rings (SSSR count). The van der Waals surface area contributed by atoms with E-state index in [-0.39, 0.29) is 12.0 Å². The third kappa shape index (κ3) is 3.33. The van der Waals surface area contributed by atoms with Crippen molar-refractivity contribution < 1.29 is 9.53 Å². The van der Waals surface area contributed by atoms with Crippen molar-refractivity contribution in [3.05, 3.63) is 34.9 Å². The minimum Gasteiger partial charge on any atom is -0.374 e. The molecule has 1 amide bonds. The average molecular weight is 262 g/mol. The first kappa shape index (κ1) is 14.0. The Morgan fingerprint density at radius 3 is 2.95 bits per heavy atom. The summed E-state index contributed by atoms with van der Waals surface area (Å²) < 4.78 is 5.63. The number of likely N-dealkylation sites (N-methyl/N-ethyl adjacent to an activating group) is 1. The highest BCUT2D eigenvalue weighted by Gasteiger charge is 2.20. The highest BCUT2D eigenvalue weighted by atomic mass is 16.5. The molecule has 1 fully saturated rings. The maximum atomic E-state index is 12.4. The van der Waals surface area contributed by atoms with Crippen molar-refractivity contribution in [2.75, 3.05) is 33.3 Å². The minimum atomic E-state index is 0.0652. The van der Waals surface area contributed by atoms with Gasteiger partial charge in [0.05, 0.1) is 12.7 Å². The number of carbonyl (C=O) groups excluding carboxylic acids is 1. The van der Waals surface area contributed by atoms with Crippen LogP contribution in [0.25, 0.3) is 0 Å². The number of benzene rings is 1. The third-order valence-electron chi connectivity index (χ3n) is 3.66. The van der Waals surface area contributed by atoms with Gasteiger partial charge in [-0.3, -0.25) is 4.79 Å². The monoisotopic (exact) mass is 262 g/mol. The number of nitrogens with zero attached hydrogens (tertiary/aromatic N) is 1. The molecule has 4 heteroatoms. The Labute approximate surface area is 114 Å². The molecule has 0 radical (unpaired) electrons. The highest BCUT2D eigenvalue weighted by molar-refractivity contribution is 5.95. The van der Waals surface area contributed by atoms with Gasteiger partial charge in [-0.05, 0) is 31.0 Å². The number of carbonyl (C=O) groups is 1. The van der Waals surface area contributed by atoms with Gasteiger partial charge in [-0.2, -0.15) is 0 Å². The summed E-state index contributed by atoms with van der Waals surface area (Å²) in [4.78, 5) is 14.2. The van der Waals surface area contributed by atoms with Crippen molar-refractivity contribution >= 4 is 5.91 Å². The smallest absolute Gasteiger partial charge is 0.253 e. The van der Waals surface area contributed by atoms with Crippen molar-refractivity contribution in [1.82, 2.24) is 10.2 Å². The Balaban J connectivity index is 2.03. The summed E-state index contributed by atoms with van der Waals surface area (Å²) in [5.41, 5.74) is 2.99. The molecule has 1 aliphatic heterocycles. The summed E-state index contributed by atoms with van der Waals surface area (Å²) >= 11 is 0. The maximum Gasteiger partial charge on any atom is 0.253 e. The molecule has 1 atom stereocenters. The van der Waals surface area contributed by atoms with Crippen LogP contribution >= 0.6 is 0 Å². The number of aryl methyl sites for hydroxylation is 1. The van der Waals surface area contributed by atoms with E-state index in [2.05, 4.69) is 5.32 Å². The van der Waals surface area contributed by atoms with Gasteiger partial charge in [-0.25, -0.2) is 0 Å². The largest absolute Gasteiger partial charge is 0.374 e. The van der Waals surface area contributed by atoms with Gasteiger partial charge in [0.25, 0.3) is 5.91 Å². The van der Waals surface area contributed by atoms with E-state index < -0.39 is 0 Å². The minimum absolute atomic E-state index is 0.0652. The molecule has 1 aromatic carbocycles. The predicted octanol–water partition coefficient (Wildman–Crippen LogP) is 1.36. The fraction of sp³-hybridized carbons (Fsp3) is 0.533.